The second-order valence-corrected chi connectivity index (χ2v) is 5.79. The van der Waals surface area contributed by atoms with Crippen molar-refractivity contribution in [3.63, 3.8) is 0 Å². The van der Waals surface area contributed by atoms with E-state index in [0.29, 0.717) is 11.2 Å². The predicted octanol–water partition coefficient (Wildman–Crippen LogP) is 0.570. The first kappa shape index (κ1) is 9.45. The number of pyridine rings is 1. The van der Waals surface area contributed by atoms with Crippen LogP contribution in [0, 0.1) is 5.21 Å². The van der Waals surface area contributed by atoms with Gasteiger partial charge in [-0.1, -0.05) is 0 Å². The van der Waals surface area contributed by atoms with Gasteiger partial charge in [0.25, 0.3) is 0 Å². The van der Waals surface area contributed by atoms with E-state index in [1.807, 2.05) is 0 Å². The van der Waals surface area contributed by atoms with Crippen molar-refractivity contribution in [2.45, 2.75) is 18.1 Å². The summed E-state index contributed by atoms with van der Waals surface area (Å²) < 4.78 is 23.8. The Hall–Kier alpha value is -1.10. The Morgan fingerprint density at radius 1 is 1.36 bits per heavy atom. The lowest BCUT2D eigenvalue weighted by molar-refractivity contribution is -0.605. The molecular weight excluding hydrogens is 202 g/mol. The third-order valence-corrected chi connectivity index (χ3v) is 4.76. The number of sulfone groups is 1. The highest BCUT2D eigenvalue weighted by molar-refractivity contribution is 7.91. The molecule has 0 radical (unpaired) electrons. The summed E-state index contributed by atoms with van der Waals surface area (Å²) in [4.78, 5) is 0. The van der Waals surface area contributed by atoms with Gasteiger partial charge in [0.2, 0.25) is 0 Å². The van der Waals surface area contributed by atoms with Crippen LogP contribution in [0.4, 0.5) is 0 Å². The molecule has 5 heteroatoms. The molecule has 1 fully saturated rings. The number of hydrogen-bond donors (Lipinski definition) is 0. The number of nitrogens with zero attached hydrogens (tertiary/aromatic N) is 1. The zero-order valence-electron chi connectivity index (χ0n) is 7.59. The Balaban J connectivity index is 2.36. The number of rotatable bonds is 1. The van der Waals surface area contributed by atoms with Gasteiger partial charge in [0, 0.05) is 12.1 Å². The molecule has 0 amide bonds. The topological polar surface area (TPSA) is 61.1 Å². The van der Waals surface area contributed by atoms with Crippen LogP contribution in [0.15, 0.2) is 24.5 Å². The molecule has 0 saturated carbocycles. The van der Waals surface area contributed by atoms with Gasteiger partial charge in [-0.25, -0.2) is 8.42 Å². The van der Waals surface area contributed by atoms with Crippen LogP contribution in [0.3, 0.4) is 0 Å². The van der Waals surface area contributed by atoms with Gasteiger partial charge in [0.15, 0.2) is 22.2 Å². The average Bonchev–Trinajstić information content (AvgIpc) is 2.47. The molecule has 4 nitrogen and oxygen atoms in total. The maximum Gasteiger partial charge on any atom is 0.180 e. The Morgan fingerprint density at radius 3 is 2.50 bits per heavy atom. The predicted molar refractivity (Wildman–Crippen MR) is 51.2 cm³/mol. The summed E-state index contributed by atoms with van der Waals surface area (Å²) in [5, 5.41) is 10.4. The van der Waals surface area contributed by atoms with Crippen LogP contribution in [-0.2, 0) is 9.84 Å². The summed E-state index contributed by atoms with van der Waals surface area (Å²) in [6.07, 6.45) is 4.07. The van der Waals surface area contributed by atoms with Gasteiger partial charge in [0.1, 0.15) is 0 Å². The van der Waals surface area contributed by atoms with Gasteiger partial charge in [-0.3, -0.25) is 0 Å². The summed E-state index contributed by atoms with van der Waals surface area (Å²) >= 11 is 0. The Bertz CT molecular complexity index is 424. The van der Waals surface area contributed by atoms with Crippen molar-refractivity contribution >= 4 is 9.84 Å². The van der Waals surface area contributed by atoms with Crippen LogP contribution in [0.5, 0.6) is 0 Å². The molecule has 1 atom stereocenters. The molecule has 1 aliphatic rings. The molecule has 2 rings (SSSR count). The molecule has 1 aromatic rings. The smallest absolute Gasteiger partial charge is 0.180 e. The fraction of sp³-hybridized carbons (Fsp3) is 0.444. The normalized spacial score (nSPS) is 25.0. The van der Waals surface area contributed by atoms with Gasteiger partial charge < -0.3 is 5.21 Å². The van der Waals surface area contributed by atoms with E-state index in [4.69, 9.17) is 0 Å². The Labute approximate surface area is 82.7 Å². The molecule has 0 bridgehead atoms. The van der Waals surface area contributed by atoms with E-state index in [-0.39, 0.29) is 5.75 Å². The lowest BCUT2D eigenvalue weighted by Gasteiger charge is -2.08. The van der Waals surface area contributed by atoms with Crippen LogP contribution in [-0.4, -0.2) is 14.2 Å². The van der Waals surface area contributed by atoms with Gasteiger partial charge in [-0.2, -0.15) is 4.73 Å². The van der Waals surface area contributed by atoms with E-state index in [9.17, 15) is 13.6 Å². The summed E-state index contributed by atoms with van der Waals surface area (Å²) in [6.45, 7) is 0. The highest BCUT2D eigenvalue weighted by Crippen LogP contribution is 2.33. The fourth-order valence-electron chi connectivity index (χ4n) is 1.80. The first-order valence-corrected chi connectivity index (χ1v) is 6.21. The van der Waals surface area contributed by atoms with Gasteiger partial charge in [0.05, 0.1) is 11.0 Å². The van der Waals surface area contributed by atoms with E-state index >= 15 is 0 Å². The molecule has 1 saturated heterocycles. The SMILES string of the molecule is O=S1(=O)CCCC1c1cc[n+]([O-])cc1. The van der Waals surface area contributed by atoms with E-state index in [0.717, 1.165) is 12.0 Å². The molecular formula is C9H11NO3S. The van der Waals surface area contributed by atoms with Crippen LogP contribution in [0.2, 0.25) is 0 Å². The molecule has 0 aromatic carbocycles. The lowest BCUT2D eigenvalue weighted by Crippen LogP contribution is -2.24. The van der Waals surface area contributed by atoms with Crippen LogP contribution in [0.1, 0.15) is 23.7 Å². The second-order valence-electron chi connectivity index (χ2n) is 3.49. The number of hydrogen-bond acceptors (Lipinski definition) is 3. The van der Waals surface area contributed by atoms with Crippen molar-refractivity contribution in [1.82, 2.24) is 0 Å². The quantitative estimate of drug-likeness (QED) is 0.506. The lowest BCUT2D eigenvalue weighted by atomic mass is 10.1. The molecule has 0 N–H and O–H groups in total. The largest absolute Gasteiger partial charge is 0.619 e. The van der Waals surface area contributed by atoms with Crippen molar-refractivity contribution in [2.75, 3.05) is 5.75 Å². The van der Waals surface area contributed by atoms with E-state index in [1.54, 1.807) is 12.1 Å². The van der Waals surface area contributed by atoms with Crippen LogP contribution in [0.25, 0.3) is 0 Å². The van der Waals surface area contributed by atoms with E-state index in [2.05, 4.69) is 0 Å². The molecule has 1 aliphatic heterocycles. The van der Waals surface area contributed by atoms with Crippen molar-refractivity contribution in [3.8, 4) is 0 Å². The maximum absolute atomic E-state index is 11.6. The summed E-state index contributed by atoms with van der Waals surface area (Å²) in [7, 11) is -2.96. The molecule has 1 aromatic heterocycles. The minimum atomic E-state index is -2.96. The van der Waals surface area contributed by atoms with Crippen molar-refractivity contribution < 1.29 is 13.1 Å². The standard InChI is InChI=1S/C9H11NO3S/c11-10-5-3-8(4-6-10)9-2-1-7-14(9,12)13/h3-6,9H,1-2,7H2. The maximum atomic E-state index is 11.6. The van der Waals surface area contributed by atoms with Crippen molar-refractivity contribution in [1.29, 1.82) is 0 Å². The van der Waals surface area contributed by atoms with Crippen molar-refractivity contribution in [2.24, 2.45) is 0 Å². The molecule has 2 heterocycles. The summed E-state index contributed by atoms with van der Waals surface area (Å²) in [5.74, 6) is 0.268. The first-order chi connectivity index (χ1) is 6.59. The zero-order chi connectivity index (χ0) is 10.2. The molecule has 76 valence electrons. The minimum Gasteiger partial charge on any atom is -0.619 e. The Kier molecular flexibility index (Phi) is 2.19. The van der Waals surface area contributed by atoms with Gasteiger partial charge >= 0.3 is 0 Å². The monoisotopic (exact) mass is 213 g/mol. The van der Waals surface area contributed by atoms with Crippen molar-refractivity contribution in [3.05, 3.63) is 35.3 Å². The van der Waals surface area contributed by atoms with E-state index < -0.39 is 15.1 Å². The Morgan fingerprint density at radius 2 is 2.00 bits per heavy atom. The van der Waals surface area contributed by atoms with E-state index in [1.165, 1.54) is 12.4 Å². The minimum absolute atomic E-state index is 0.268. The van der Waals surface area contributed by atoms with Crippen LogP contribution >= 0.6 is 0 Å². The summed E-state index contributed by atoms with van der Waals surface area (Å²) in [6, 6.07) is 3.17. The third kappa shape index (κ3) is 1.59. The molecule has 0 spiro atoms. The van der Waals surface area contributed by atoms with Crippen LogP contribution < -0.4 is 4.73 Å². The molecule has 0 aliphatic carbocycles. The number of aromatic nitrogens is 1. The average molecular weight is 213 g/mol. The molecule has 1 unspecified atom stereocenters. The zero-order valence-corrected chi connectivity index (χ0v) is 8.40. The van der Waals surface area contributed by atoms with Gasteiger partial charge in [-0.15, -0.1) is 0 Å². The fourth-order valence-corrected chi connectivity index (χ4v) is 3.76. The first-order valence-electron chi connectivity index (χ1n) is 4.50. The summed E-state index contributed by atoms with van der Waals surface area (Å²) in [5.41, 5.74) is 0.731. The third-order valence-electron chi connectivity index (χ3n) is 2.53. The second kappa shape index (κ2) is 3.24. The van der Waals surface area contributed by atoms with Gasteiger partial charge in [-0.05, 0) is 18.4 Å². The highest BCUT2D eigenvalue weighted by atomic mass is 32.2. The highest BCUT2D eigenvalue weighted by Gasteiger charge is 2.32. The molecule has 14 heavy (non-hydrogen) atoms.